The number of carbonyl (C=O) groups excluding carboxylic acids is 1. The predicted molar refractivity (Wildman–Crippen MR) is 45.9 cm³/mol. The van der Waals surface area contributed by atoms with Gasteiger partial charge in [0.15, 0.2) is 0 Å². The summed E-state index contributed by atoms with van der Waals surface area (Å²) in [5, 5.41) is 2.61. The van der Waals surface area contributed by atoms with Gasteiger partial charge in [-0.25, -0.2) is 0 Å². The first-order valence-electron chi connectivity index (χ1n) is 3.83. The maximum absolute atomic E-state index is 10.4. The average molecular weight is 153 g/mol. The number of hydrogen-bond donors (Lipinski definition) is 1. The zero-order chi connectivity index (χ0) is 8.69. The first-order chi connectivity index (χ1) is 5.13. The molecule has 0 heterocycles. The fraction of sp³-hybridized carbons (Fsp3) is 0.667. The summed E-state index contributed by atoms with van der Waals surface area (Å²) < 4.78 is 0. The van der Waals surface area contributed by atoms with Crippen LogP contribution in [0.5, 0.6) is 0 Å². The molecule has 2 heteroatoms. The molecular formula is C9H15NO. The maximum Gasteiger partial charge on any atom is 0.217 e. The van der Waals surface area contributed by atoms with Gasteiger partial charge in [-0.2, -0.15) is 0 Å². The summed E-state index contributed by atoms with van der Waals surface area (Å²) >= 11 is 0. The Morgan fingerprint density at radius 2 is 2.09 bits per heavy atom. The van der Waals surface area contributed by atoms with Crippen molar-refractivity contribution in [3.05, 3.63) is 0 Å². The molecule has 0 radical (unpaired) electrons. The van der Waals surface area contributed by atoms with Crippen LogP contribution < -0.4 is 5.32 Å². The van der Waals surface area contributed by atoms with Crippen LogP contribution >= 0.6 is 0 Å². The first kappa shape index (κ1) is 10.0. The molecule has 11 heavy (non-hydrogen) atoms. The third kappa shape index (κ3) is 9.03. The number of amides is 1. The Morgan fingerprint density at radius 1 is 1.45 bits per heavy atom. The van der Waals surface area contributed by atoms with Crippen molar-refractivity contribution in [2.24, 2.45) is 5.92 Å². The largest absolute Gasteiger partial charge is 0.345 e. The molecule has 0 bridgehead atoms. The molecule has 0 spiro atoms. The highest BCUT2D eigenvalue weighted by atomic mass is 16.1. The van der Waals surface area contributed by atoms with Gasteiger partial charge in [0.05, 0.1) is 6.54 Å². The minimum Gasteiger partial charge on any atom is -0.345 e. The lowest BCUT2D eigenvalue weighted by molar-refractivity contribution is -0.118. The lowest BCUT2D eigenvalue weighted by Gasteiger charge is -1.94. The maximum atomic E-state index is 10.4. The van der Waals surface area contributed by atoms with Crippen LogP contribution in [0.2, 0.25) is 0 Å². The quantitative estimate of drug-likeness (QED) is 0.593. The van der Waals surface area contributed by atoms with Crippen molar-refractivity contribution in [3.63, 3.8) is 0 Å². The molecule has 0 saturated carbocycles. The lowest BCUT2D eigenvalue weighted by atomic mass is 10.1. The zero-order valence-electron chi connectivity index (χ0n) is 7.40. The van der Waals surface area contributed by atoms with E-state index in [0.717, 1.165) is 6.42 Å². The standard InChI is InChI=1S/C9H15NO/c1-8(2)6-4-5-7-10-9(3)11/h8H,6-7H2,1-3H3,(H,10,11). The summed E-state index contributed by atoms with van der Waals surface area (Å²) in [5.74, 6) is 6.43. The van der Waals surface area contributed by atoms with Crippen molar-refractivity contribution < 1.29 is 4.79 Å². The highest BCUT2D eigenvalue weighted by Crippen LogP contribution is 1.94. The summed E-state index contributed by atoms with van der Waals surface area (Å²) in [6.07, 6.45) is 0.902. The fourth-order valence-electron chi connectivity index (χ4n) is 0.507. The summed E-state index contributed by atoms with van der Waals surface area (Å²) in [7, 11) is 0. The molecule has 0 aliphatic carbocycles. The van der Waals surface area contributed by atoms with E-state index in [1.807, 2.05) is 0 Å². The van der Waals surface area contributed by atoms with E-state index in [0.29, 0.717) is 12.5 Å². The summed E-state index contributed by atoms with van der Waals surface area (Å²) in [4.78, 5) is 10.4. The van der Waals surface area contributed by atoms with Gasteiger partial charge in [0, 0.05) is 13.3 Å². The van der Waals surface area contributed by atoms with Crippen molar-refractivity contribution in [3.8, 4) is 11.8 Å². The molecule has 0 saturated heterocycles. The van der Waals surface area contributed by atoms with E-state index in [9.17, 15) is 4.79 Å². The molecule has 0 aromatic heterocycles. The second-order valence-corrected chi connectivity index (χ2v) is 2.86. The van der Waals surface area contributed by atoms with E-state index in [2.05, 4.69) is 31.0 Å². The molecule has 2 nitrogen and oxygen atoms in total. The monoisotopic (exact) mass is 153 g/mol. The molecular weight excluding hydrogens is 138 g/mol. The molecule has 0 unspecified atom stereocenters. The summed E-state index contributed by atoms with van der Waals surface area (Å²) in [5.41, 5.74) is 0. The van der Waals surface area contributed by atoms with Crippen LogP contribution in [0, 0.1) is 17.8 Å². The number of nitrogens with one attached hydrogen (secondary N) is 1. The van der Waals surface area contributed by atoms with E-state index in [1.54, 1.807) is 0 Å². The highest BCUT2D eigenvalue weighted by Gasteiger charge is 1.86. The van der Waals surface area contributed by atoms with Crippen LogP contribution in [0.15, 0.2) is 0 Å². The summed E-state index contributed by atoms with van der Waals surface area (Å²) in [6, 6.07) is 0. The Balaban J connectivity index is 3.33. The Morgan fingerprint density at radius 3 is 2.55 bits per heavy atom. The minimum absolute atomic E-state index is 0.0242. The van der Waals surface area contributed by atoms with Crippen molar-refractivity contribution >= 4 is 5.91 Å². The second-order valence-electron chi connectivity index (χ2n) is 2.86. The predicted octanol–water partition coefficient (Wildman–Crippen LogP) is 1.17. The first-order valence-corrected chi connectivity index (χ1v) is 3.83. The third-order valence-corrected chi connectivity index (χ3v) is 1.06. The van der Waals surface area contributed by atoms with Crippen molar-refractivity contribution in [2.45, 2.75) is 27.2 Å². The molecule has 0 aliphatic heterocycles. The van der Waals surface area contributed by atoms with E-state index < -0.39 is 0 Å². The molecule has 0 aromatic carbocycles. The van der Waals surface area contributed by atoms with Gasteiger partial charge in [0.1, 0.15) is 0 Å². The average Bonchev–Trinajstić information content (AvgIpc) is 1.85. The van der Waals surface area contributed by atoms with E-state index in [4.69, 9.17) is 0 Å². The van der Waals surface area contributed by atoms with Crippen LogP contribution in [0.4, 0.5) is 0 Å². The van der Waals surface area contributed by atoms with E-state index in [1.165, 1.54) is 6.92 Å². The Hall–Kier alpha value is -0.970. The highest BCUT2D eigenvalue weighted by molar-refractivity contribution is 5.73. The van der Waals surface area contributed by atoms with Crippen LogP contribution in [-0.2, 0) is 4.79 Å². The number of rotatable bonds is 2. The van der Waals surface area contributed by atoms with Crippen molar-refractivity contribution in [1.29, 1.82) is 0 Å². The second kappa shape index (κ2) is 5.79. The molecule has 0 fully saturated rings. The fourth-order valence-corrected chi connectivity index (χ4v) is 0.507. The number of carbonyl (C=O) groups is 1. The van der Waals surface area contributed by atoms with Crippen molar-refractivity contribution in [2.75, 3.05) is 6.54 Å². The van der Waals surface area contributed by atoms with Gasteiger partial charge in [-0.1, -0.05) is 19.8 Å². The topological polar surface area (TPSA) is 29.1 Å². The molecule has 0 atom stereocenters. The normalized spacial score (nSPS) is 8.73. The van der Waals surface area contributed by atoms with E-state index >= 15 is 0 Å². The van der Waals surface area contributed by atoms with Gasteiger partial charge >= 0.3 is 0 Å². The van der Waals surface area contributed by atoms with Gasteiger partial charge < -0.3 is 5.32 Å². The summed E-state index contributed by atoms with van der Waals surface area (Å²) in [6.45, 7) is 6.20. The number of hydrogen-bond acceptors (Lipinski definition) is 1. The molecule has 0 aromatic rings. The van der Waals surface area contributed by atoms with Gasteiger partial charge in [0.2, 0.25) is 5.91 Å². The van der Waals surface area contributed by atoms with Crippen LogP contribution in [0.25, 0.3) is 0 Å². The van der Waals surface area contributed by atoms with Crippen LogP contribution in [-0.4, -0.2) is 12.5 Å². The molecule has 1 N–H and O–H groups in total. The SMILES string of the molecule is CC(=O)NCC#CCC(C)C. The van der Waals surface area contributed by atoms with Gasteiger partial charge in [0.25, 0.3) is 0 Å². The Kier molecular flexibility index (Phi) is 5.28. The van der Waals surface area contributed by atoms with Crippen LogP contribution in [0.1, 0.15) is 27.2 Å². The zero-order valence-corrected chi connectivity index (χ0v) is 7.40. The third-order valence-electron chi connectivity index (χ3n) is 1.06. The Labute approximate surface area is 68.4 Å². The lowest BCUT2D eigenvalue weighted by Crippen LogP contribution is -2.19. The Bertz CT molecular complexity index is 174. The van der Waals surface area contributed by atoms with E-state index in [-0.39, 0.29) is 5.91 Å². The van der Waals surface area contributed by atoms with Gasteiger partial charge in [-0.3, -0.25) is 4.79 Å². The smallest absolute Gasteiger partial charge is 0.217 e. The van der Waals surface area contributed by atoms with Crippen molar-refractivity contribution in [1.82, 2.24) is 5.32 Å². The molecule has 62 valence electrons. The van der Waals surface area contributed by atoms with Gasteiger partial charge in [-0.15, -0.1) is 5.92 Å². The van der Waals surface area contributed by atoms with Gasteiger partial charge in [-0.05, 0) is 5.92 Å². The molecule has 0 rings (SSSR count). The minimum atomic E-state index is -0.0242. The van der Waals surface area contributed by atoms with Crippen LogP contribution in [0.3, 0.4) is 0 Å². The molecule has 0 aliphatic rings. The molecule has 1 amide bonds.